The second-order valence-corrected chi connectivity index (χ2v) is 11.6. The average Bonchev–Trinajstić information content (AvgIpc) is 3.13. The lowest BCUT2D eigenvalue weighted by molar-refractivity contribution is -0.141. The Hall–Kier alpha value is -1.34. The molecule has 31 heavy (non-hydrogen) atoms. The molecule has 0 heterocycles. The number of carbonyl (C=O) groups excluding carboxylic acids is 2. The molecule has 0 amide bonds. The van der Waals surface area contributed by atoms with Crippen LogP contribution in [0.25, 0.3) is 0 Å². The third-order valence-electron chi connectivity index (χ3n) is 10.6. The Morgan fingerprint density at radius 2 is 1.87 bits per heavy atom. The minimum Gasteiger partial charge on any atom is -0.469 e. The maximum Gasteiger partial charge on any atom is 0.305 e. The van der Waals surface area contributed by atoms with Gasteiger partial charge in [0.2, 0.25) is 0 Å². The van der Waals surface area contributed by atoms with E-state index in [1.54, 1.807) is 0 Å². The van der Waals surface area contributed by atoms with Crippen molar-refractivity contribution >= 4 is 11.9 Å². The molecular weight excluding hydrogens is 384 g/mol. The molecule has 4 aliphatic rings. The fraction of sp³-hybridized carbons (Fsp3) is 0.821. The Morgan fingerprint density at radius 1 is 1.13 bits per heavy atom. The molecule has 2 unspecified atom stereocenters. The monoisotopic (exact) mass is 426 g/mol. The number of esters is 1. The quantitative estimate of drug-likeness (QED) is 0.378. The zero-order chi connectivity index (χ0) is 22.4. The van der Waals surface area contributed by atoms with Crippen molar-refractivity contribution in [3.05, 3.63) is 17.2 Å². The SMILES string of the molecule is CC=C1C(=C=O)[C@H]2[C@@H]3CC[C@H](C(C)CCC(=O)OC)[C@@]3(C)CC[C@@H]2[C@@]2(C)CCCCC12. The van der Waals surface area contributed by atoms with Gasteiger partial charge in [-0.15, -0.1) is 0 Å². The molecule has 3 heteroatoms. The molecule has 0 aromatic rings. The summed E-state index contributed by atoms with van der Waals surface area (Å²) < 4.78 is 4.89. The Labute approximate surface area is 189 Å². The first kappa shape index (κ1) is 22.8. The van der Waals surface area contributed by atoms with Crippen LogP contribution >= 0.6 is 0 Å². The van der Waals surface area contributed by atoms with Crippen LogP contribution in [0, 0.1) is 46.3 Å². The predicted molar refractivity (Wildman–Crippen MR) is 124 cm³/mol. The first-order valence-corrected chi connectivity index (χ1v) is 12.8. The van der Waals surface area contributed by atoms with Crippen LogP contribution in [0.4, 0.5) is 0 Å². The molecule has 0 N–H and O–H groups in total. The zero-order valence-electron chi connectivity index (χ0n) is 20.3. The van der Waals surface area contributed by atoms with Gasteiger partial charge < -0.3 is 4.74 Å². The minimum atomic E-state index is -0.0947. The lowest BCUT2D eigenvalue weighted by Gasteiger charge is -2.61. The van der Waals surface area contributed by atoms with Gasteiger partial charge in [-0.1, -0.05) is 39.7 Å². The molecule has 172 valence electrons. The number of ether oxygens (including phenoxy) is 1. The van der Waals surface area contributed by atoms with Gasteiger partial charge in [0.25, 0.3) is 0 Å². The second-order valence-electron chi connectivity index (χ2n) is 11.6. The van der Waals surface area contributed by atoms with E-state index >= 15 is 0 Å². The van der Waals surface area contributed by atoms with E-state index in [2.05, 4.69) is 39.7 Å². The highest BCUT2D eigenvalue weighted by atomic mass is 16.5. The number of methoxy groups -OCH3 is 1. The van der Waals surface area contributed by atoms with Gasteiger partial charge in [-0.05, 0) is 97.9 Å². The lowest BCUT2D eigenvalue weighted by atomic mass is 9.42. The van der Waals surface area contributed by atoms with Crippen molar-refractivity contribution in [2.24, 2.45) is 46.3 Å². The average molecular weight is 427 g/mol. The van der Waals surface area contributed by atoms with Gasteiger partial charge in [-0.25, -0.2) is 4.79 Å². The molecule has 0 bridgehead atoms. The first-order chi connectivity index (χ1) is 14.8. The zero-order valence-corrected chi connectivity index (χ0v) is 20.3. The van der Waals surface area contributed by atoms with Crippen LogP contribution in [0.15, 0.2) is 17.2 Å². The van der Waals surface area contributed by atoms with E-state index < -0.39 is 0 Å². The van der Waals surface area contributed by atoms with Crippen molar-refractivity contribution in [3.8, 4) is 0 Å². The number of rotatable bonds is 4. The van der Waals surface area contributed by atoms with Crippen LogP contribution in [0.1, 0.15) is 91.9 Å². The van der Waals surface area contributed by atoms with Gasteiger partial charge in [-0.3, -0.25) is 4.79 Å². The summed E-state index contributed by atoms with van der Waals surface area (Å²) in [5.74, 6) is 5.67. The molecular formula is C28H42O3. The van der Waals surface area contributed by atoms with Gasteiger partial charge >= 0.3 is 5.97 Å². The van der Waals surface area contributed by atoms with Crippen molar-refractivity contribution < 1.29 is 14.3 Å². The van der Waals surface area contributed by atoms with Gasteiger partial charge in [-0.2, -0.15) is 0 Å². The highest BCUT2D eigenvalue weighted by Gasteiger charge is 2.62. The van der Waals surface area contributed by atoms with Crippen LogP contribution < -0.4 is 0 Å². The molecule has 4 fully saturated rings. The van der Waals surface area contributed by atoms with E-state index in [0.29, 0.717) is 47.3 Å². The molecule has 0 aromatic carbocycles. The molecule has 4 rings (SSSR count). The van der Waals surface area contributed by atoms with Crippen LogP contribution in [-0.2, 0) is 14.3 Å². The largest absolute Gasteiger partial charge is 0.469 e. The van der Waals surface area contributed by atoms with Crippen LogP contribution in [0.2, 0.25) is 0 Å². The van der Waals surface area contributed by atoms with E-state index in [4.69, 9.17) is 4.74 Å². The minimum absolute atomic E-state index is 0.0947. The number of fused-ring (bicyclic) bond motifs is 5. The molecule has 4 saturated carbocycles. The molecule has 0 radical (unpaired) electrons. The first-order valence-electron chi connectivity index (χ1n) is 12.8. The third-order valence-corrected chi connectivity index (χ3v) is 10.6. The van der Waals surface area contributed by atoms with E-state index in [1.165, 1.54) is 64.0 Å². The maximum absolute atomic E-state index is 12.4. The summed E-state index contributed by atoms with van der Waals surface area (Å²) in [6.45, 7) is 9.53. The van der Waals surface area contributed by atoms with Crippen LogP contribution in [0.5, 0.6) is 0 Å². The summed E-state index contributed by atoms with van der Waals surface area (Å²) in [6, 6.07) is 0. The van der Waals surface area contributed by atoms with E-state index in [0.717, 1.165) is 12.0 Å². The topological polar surface area (TPSA) is 43.4 Å². The van der Waals surface area contributed by atoms with E-state index in [1.807, 2.05) is 0 Å². The summed E-state index contributed by atoms with van der Waals surface area (Å²) in [6.07, 6.45) is 13.8. The highest BCUT2D eigenvalue weighted by Crippen LogP contribution is 2.70. The Balaban J connectivity index is 1.65. The fourth-order valence-corrected chi connectivity index (χ4v) is 9.08. The fourth-order valence-electron chi connectivity index (χ4n) is 9.08. The smallest absolute Gasteiger partial charge is 0.305 e. The molecule has 0 spiro atoms. The van der Waals surface area contributed by atoms with Crippen molar-refractivity contribution in [2.45, 2.75) is 91.9 Å². The number of hydrogen-bond donors (Lipinski definition) is 0. The van der Waals surface area contributed by atoms with Crippen molar-refractivity contribution in [1.82, 2.24) is 0 Å². The molecule has 0 saturated heterocycles. The van der Waals surface area contributed by atoms with Gasteiger partial charge in [0, 0.05) is 17.9 Å². The highest BCUT2D eigenvalue weighted by molar-refractivity contribution is 5.69. The molecule has 3 nitrogen and oxygen atoms in total. The number of allylic oxidation sites excluding steroid dienone is 3. The summed E-state index contributed by atoms with van der Waals surface area (Å²) in [5, 5.41) is 0. The Bertz CT molecular complexity index is 790. The second kappa shape index (κ2) is 8.54. The molecule has 8 atom stereocenters. The molecule has 0 aliphatic heterocycles. The molecule has 4 aliphatic carbocycles. The van der Waals surface area contributed by atoms with Gasteiger partial charge in [0.15, 0.2) is 0 Å². The van der Waals surface area contributed by atoms with Crippen molar-refractivity contribution in [3.63, 3.8) is 0 Å². The number of carbonyl (C=O) groups is 1. The normalized spacial score (nSPS) is 44.1. The lowest BCUT2D eigenvalue weighted by Crippen LogP contribution is -2.54. The summed E-state index contributed by atoms with van der Waals surface area (Å²) >= 11 is 0. The summed E-state index contributed by atoms with van der Waals surface area (Å²) in [4.78, 5) is 24.2. The van der Waals surface area contributed by atoms with Crippen LogP contribution in [0.3, 0.4) is 0 Å². The van der Waals surface area contributed by atoms with E-state index in [-0.39, 0.29) is 11.4 Å². The van der Waals surface area contributed by atoms with Crippen molar-refractivity contribution in [2.75, 3.05) is 7.11 Å². The maximum atomic E-state index is 12.4. The van der Waals surface area contributed by atoms with Gasteiger partial charge in [0.1, 0.15) is 5.94 Å². The van der Waals surface area contributed by atoms with Gasteiger partial charge in [0.05, 0.1) is 7.11 Å². The summed E-state index contributed by atoms with van der Waals surface area (Å²) in [7, 11) is 1.48. The Morgan fingerprint density at radius 3 is 2.55 bits per heavy atom. The standard InChI is InChI=1S/C28H42O3/c1-6-19-20(17-29)26-23-12-11-21(18(2)10-13-25(30)31-5)28(23,4)16-14-24(26)27(3)15-8-7-9-22(19)27/h6,18,21-24,26H,7-16H2,1-5H3/t18?,21-,22?,23+,24+,26+,27+,28-/m1/s1. The van der Waals surface area contributed by atoms with Crippen molar-refractivity contribution in [1.29, 1.82) is 0 Å². The van der Waals surface area contributed by atoms with E-state index in [9.17, 15) is 9.59 Å². The molecule has 0 aromatic heterocycles. The predicted octanol–water partition coefficient (Wildman–Crippen LogP) is 6.55. The number of hydrogen-bond acceptors (Lipinski definition) is 3. The Kier molecular flexibility index (Phi) is 6.29. The summed E-state index contributed by atoms with van der Waals surface area (Å²) in [5.41, 5.74) is 2.97. The third kappa shape index (κ3) is 3.47. The van der Waals surface area contributed by atoms with Crippen LogP contribution in [-0.4, -0.2) is 19.0 Å².